The minimum absolute atomic E-state index is 0.234. The Kier molecular flexibility index (Phi) is 6.59. The maximum atomic E-state index is 13.7. The zero-order chi connectivity index (χ0) is 23.7. The summed E-state index contributed by atoms with van der Waals surface area (Å²) in [5.41, 5.74) is 3.39. The van der Waals surface area contributed by atoms with Gasteiger partial charge in [0.2, 0.25) is 0 Å². The minimum Gasteiger partial charge on any atom is -0.493 e. The Balaban J connectivity index is 1.75. The van der Waals surface area contributed by atoms with Crippen molar-refractivity contribution in [2.24, 2.45) is 17.8 Å². The summed E-state index contributed by atoms with van der Waals surface area (Å²) in [6.45, 7) is 12.8. The number of piperidine rings is 1. The molecule has 5 heteroatoms. The summed E-state index contributed by atoms with van der Waals surface area (Å²) in [6, 6.07) is 15.1. The highest BCUT2D eigenvalue weighted by molar-refractivity contribution is 6.45. The number of benzene rings is 2. The molecule has 2 aliphatic heterocycles. The third-order valence-corrected chi connectivity index (χ3v) is 6.23. The van der Waals surface area contributed by atoms with E-state index in [1.807, 2.05) is 55.5 Å². The van der Waals surface area contributed by atoms with Crippen LogP contribution < -0.4 is 9.64 Å². The predicted molar refractivity (Wildman–Crippen MR) is 132 cm³/mol. The van der Waals surface area contributed by atoms with Crippen molar-refractivity contribution in [3.8, 4) is 5.75 Å². The summed E-state index contributed by atoms with van der Waals surface area (Å²) >= 11 is 0. The Labute approximate surface area is 197 Å². The summed E-state index contributed by atoms with van der Waals surface area (Å²) in [7, 11) is 0. The van der Waals surface area contributed by atoms with Crippen LogP contribution in [0.2, 0.25) is 0 Å². The number of imide groups is 1. The number of hydrogen-bond donors (Lipinski definition) is 0. The van der Waals surface area contributed by atoms with Crippen molar-refractivity contribution < 1.29 is 14.3 Å². The summed E-state index contributed by atoms with van der Waals surface area (Å²) in [5, 5.41) is 0. The van der Waals surface area contributed by atoms with E-state index < -0.39 is 0 Å². The van der Waals surface area contributed by atoms with Crippen LogP contribution in [0.1, 0.15) is 45.2 Å². The quantitative estimate of drug-likeness (QED) is 0.566. The van der Waals surface area contributed by atoms with Gasteiger partial charge in [-0.3, -0.25) is 9.59 Å². The maximum Gasteiger partial charge on any atom is 0.282 e. The number of hydrogen-bond acceptors (Lipinski definition) is 4. The van der Waals surface area contributed by atoms with E-state index in [9.17, 15) is 9.59 Å². The molecule has 0 spiro atoms. The Bertz CT molecular complexity index is 1060. The number of anilines is 1. The molecule has 0 bridgehead atoms. The molecule has 5 nitrogen and oxygen atoms in total. The second-order valence-electron chi connectivity index (χ2n) is 10.1. The van der Waals surface area contributed by atoms with Crippen molar-refractivity contribution >= 4 is 23.1 Å². The Morgan fingerprint density at radius 3 is 2.24 bits per heavy atom. The van der Waals surface area contributed by atoms with Gasteiger partial charge in [0.15, 0.2) is 0 Å². The third-order valence-electron chi connectivity index (χ3n) is 6.23. The molecule has 2 atom stereocenters. The highest BCUT2D eigenvalue weighted by Gasteiger charge is 2.43. The second-order valence-corrected chi connectivity index (χ2v) is 10.1. The van der Waals surface area contributed by atoms with Gasteiger partial charge in [-0.1, -0.05) is 52.0 Å². The molecule has 2 aliphatic rings. The maximum absolute atomic E-state index is 13.7. The van der Waals surface area contributed by atoms with Gasteiger partial charge in [-0.05, 0) is 66.5 Å². The highest BCUT2D eigenvalue weighted by Crippen LogP contribution is 2.37. The number of rotatable bonds is 6. The van der Waals surface area contributed by atoms with Crippen LogP contribution in [0.4, 0.5) is 5.69 Å². The zero-order valence-electron chi connectivity index (χ0n) is 20.3. The van der Waals surface area contributed by atoms with Crippen LogP contribution in [0.5, 0.6) is 5.75 Å². The Morgan fingerprint density at radius 2 is 1.64 bits per heavy atom. The highest BCUT2D eigenvalue weighted by atomic mass is 16.5. The first-order valence-corrected chi connectivity index (χ1v) is 11.9. The molecule has 0 saturated carbocycles. The van der Waals surface area contributed by atoms with Gasteiger partial charge in [0.1, 0.15) is 11.4 Å². The molecule has 2 aromatic rings. The average Bonchev–Trinajstić information content (AvgIpc) is 3.02. The number of carbonyl (C=O) groups is 2. The monoisotopic (exact) mass is 446 g/mol. The Hall–Kier alpha value is -3.08. The lowest BCUT2D eigenvalue weighted by Gasteiger charge is -2.37. The van der Waals surface area contributed by atoms with Crippen molar-refractivity contribution in [2.45, 2.75) is 41.0 Å². The molecule has 33 heavy (non-hydrogen) atoms. The molecule has 1 saturated heterocycles. The first-order chi connectivity index (χ1) is 15.7. The normalized spacial score (nSPS) is 21.4. The first kappa shape index (κ1) is 23.1. The van der Waals surface area contributed by atoms with Gasteiger partial charge >= 0.3 is 0 Å². The zero-order valence-corrected chi connectivity index (χ0v) is 20.3. The summed E-state index contributed by atoms with van der Waals surface area (Å²) in [5.74, 6) is 1.63. The van der Waals surface area contributed by atoms with Crippen molar-refractivity contribution in [3.05, 3.63) is 65.4 Å². The lowest BCUT2D eigenvalue weighted by molar-refractivity contribution is -0.120. The fourth-order valence-corrected chi connectivity index (χ4v) is 4.90. The van der Waals surface area contributed by atoms with E-state index in [-0.39, 0.29) is 11.8 Å². The number of nitrogens with zero attached hydrogens (tertiary/aromatic N) is 2. The molecule has 2 unspecified atom stereocenters. The summed E-state index contributed by atoms with van der Waals surface area (Å²) in [6.07, 6.45) is 1.13. The molecule has 0 radical (unpaired) electrons. The lowest BCUT2D eigenvalue weighted by atomic mass is 9.91. The van der Waals surface area contributed by atoms with E-state index in [1.54, 1.807) is 0 Å². The number of likely N-dealkylation sites (tertiary alicyclic amines) is 1. The minimum atomic E-state index is -0.262. The van der Waals surface area contributed by atoms with Crippen LogP contribution in [-0.4, -0.2) is 36.4 Å². The SMILES string of the molecule is Cc1cccc(N2C(=O)C(c3ccc(OCC(C)C)cc3)=C(N3CC(C)CC(C)C3)C2=O)c1. The van der Waals surface area contributed by atoms with Gasteiger partial charge < -0.3 is 9.64 Å². The molecular weight excluding hydrogens is 412 g/mol. The van der Waals surface area contributed by atoms with Gasteiger partial charge in [0, 0.05) is 13.1 Å². The van der Waals surface area contributed by atoms with Crippen LogP contribution in [0.3, 0.4) is 0 Å². The number of carbonyl (C=O) groups excluding carboxylic acids is 2. The van der Waals surface area contributed by atoms with Crippen LogP contribution in [-0.2, 0) is 9.59 Å². The van der Waals surface area contributed by atoms with Crippen molar-refractivity contribution in [1.82, 2.24) is 4.90 Å². The van der Waals surface area contributed by atoms with Gasteiger partial charge in [-0.15, -0.1) is 0 Å². The van der Waals surface area contributed by atoms with Crippen LogP contribution >= 0.6 is 0 Å². The van der Waals surface area contributed by atoms with Crippen molar-refractivity contribution in [2.75, 3.05) is 24.6 Å². The molecule has 1 fully saturated rings. The van der Waals surface area contributed by atoms with Crippen molar-refractivity contribution in [3.63, 3.8) is 0 Å². The van der Waals surface area contributed by atoms with E-state index >= 15 is 0 Å². The molecule has 2 heterocycles. The van der Waals surface area contributed by atoms with E-state index in [1.165, 1.54) is 4.90 Å². The van der Waals surface area contributed by atoms with Crippen LogP contribution in [0.25, 0.3) is 5.57 Å². The number of ether oxygens (including phenoxy) is 1. The van der Waals surface area contributed by atoms with E-state index in [4.69, 9.17) is 4.74 Å². The molecule has 0 aromatic heterocycles. The molecule has 0 N–H and O–H groups in total. The van der Waals surface area contributed by atoms with Gasteiger partial charge in [-0.2, -0.15) is 0 Å². The molecule has 4 rings (SSSR count). The van der Waals surface area contributed by atoms with Crippen molar-refractivity contribution in [1.29, 1.82) is 0 Å². The number of aryl methyl sites for hydroxylation is 1. The standard InChI is InChI=1S/C28H34N2O3/c1-18(2)17-33-24-11-9-22(10-12-24)25-26(29-15-20(4)13-21(5)16-29)28(32)30(27(25)31)23-8-6-7-19(3)14-23/h6-12,14,18,20-21H,13,15-17H2,1-5H3. The molecule has 0 aliphatic carbocycles. The third kappa shape index (κ3) is 4.82. The second kappa shape index (κ2) is 9.42. The topological polar surface area (TPSA) is 49.9 Å². The lowest BCUT2D eigenvalue weighted by Crippen LogP contribution is -2.42. The molecule has 2 amide bonds. The fraction of sp³-hybridized carbons (Fsp3) is 0.429. The van der Waals surface area contributed by atoms with E-state index in [0.717, 1.165) is 36.4 Å². The molecule has 174 valence electrons. The largest absolute Gasteiger partial charge is 0.493 e. The smallest absolute Gasteiger partial charge is 0.282 e. The first-order valence-electron chi connectivity index (χ1n) is 11.9. The summed E-state index contributed by atoms with van der Waals surface area (Å²) < 4.78 is 5.82. The van der Waals surface area contributed by atoms with Gasteiger partial charge in [0.05, 0.1) is 17.9 Å². The van der Waals surface area contributed by atoms with E-state index in [2.05, 4.69) is 32.6 Å². The van der Waals surface area contributed by atoms with E-state index in [0.29, 0.717) is 41.3 Å². The van der Waals surface area contributed by atoms with Gasteiger partial charge in [-0.25, -0.2) is 4.90 Å². The molecular formula is C28H34N2O3. The van der Waals surface area contributed by atoms with Crippen LogP contribution in [0, 0.1) is 24.7 Å². The predicted octanol–water partition coefficient (Wildman–Crippen LogP) is 5.29. The number of amides is 2. The fourth-order valence-electron chi connectivity index (χ4n) is 4.90. The summed E-state index contributed by atoms with van der Waals surface area (Å²) in [4.78, 5) is 31.0. The van der Waals surface area contributed by atoms with Gasteiger partial charge in [0.25, 0.3) is 11.8 Å². The van der Waals surface area contributed by atoms with Crippen LogP contribution in [0.15, 0.2) is 54.2 Å². The Morgan fingerprint density at radius 1 is 0.970 bits per heavy atom. The molecule has 2 aromatic carbocycles. The average molecular weight is 447 g/mol.